The van der Waals surface area contributed by atoms with E-state index < -0.39 is 0 Å². The van der Waals surface area contributed by atoms with Crippen molar-refractivity contribution >= 4 is 11.6 Å². The standard InChI is InChI=1S/C9H10ClNO2/c1-5-7-6(9(12-2)13-5)3-4-11-8(7)10/h3-5,9H,1-2H3. The van der Waals surface area contributed by atoms with Crippen molar-refractivity contribution in [1.29, 1.82) is 0 Å². The van der Waals surface area contributed by atoms with Gasteiger partial charge in [-0.05, 0) is 13.0 Å². The van der Waals surface area contributed by atoms with Gasteiger partial charge in [0, 0.05) is 24.4 Å². The highest BCUT2D eigenvalue weighted by atomic mass is 35.5. The zero-order valence-corrected chi connectivity index (χ0v) is 8.21. The van der Waals surface area contributed by atoms with E-state index in [2.05, 4.69) is 4.98 Å². The van der Waals surface area contributed by atoms with E-state index in [1.807, 2.05) is 13.0 Å². The monoisotopic (exact) mass is 199 g/mol. The van der Waals surface area contributed by atoms with Crippen LogP contribution in [0.2, 0.25) is 5.15 Å². The molecule has 0 aromatic carbocycles. The van der Waals surface area contributed by atoms with E-state index in [4.69, 9.17) is 21.1 Å². The molecule has 1 aliphatic rings. The maximum absolute atomic E-state index is 5.94. The molecule has 1 aliphatic heterocycles. The van der Waals surface area contributed by atoms with E-state index in [0.29, 0.717) is 5.15 Å². The van der Waals surface area contributed by atoms with Crippen molar-refractivity contribution in [2.24, 2.45) is 0 Å². The van der Waals surface area contributed by atoms with Crippen molar-refractivity contribution in [3.8, 4) is 0 Å². The molecule has 0 aliphatic carbocycles. The lowest BCUT2D eigenvalue weighted by molar-refractivity contribution is -0.137. The zero-order chi connectivity index (χ0) is 9.42. The molecule has 4 heteroatoms. The van der Waals surface area contributed by atoms with Crippen LogP contribution in [0.15, 0.2) is 12.3 Å². The van der Waals surface area contributed by atoms with Gasteiger partial charge in [0.15, 0.2) is 6.29 Å². The second kappa shape index (κ2) is 3.25. The molecule has 0 amide bonds. The average molecular weight is 200 g/mol. The van der Waals surface area contributed by atoms with Gasteiger partial charge in [-0.15, -0.1) is 0 Å². The van der Waals surface area contributed by atoms with Crippen LogP contribution in [0.1, 0.15) is 30.4 Å². The van der Waals surface area contributed by atoms with Gasteiger partial charge in [0.25, 0.3) is 0 Å². The molecule has 2 unspecified atom stereocenters. The van der Waals surface area contributed by atoms with Crippen LogP contribution in [0.3, 0.4) is 0 Å². The normalized spacial score (nSPS) is 26.1. The largest absolute Gasteiger partial charge is 0.352 e. The van der Waals surface area contributed by atoms with E-state index in [1.54, 1.807) is 13.3 Å². The Morgan fingerprint density at radius 2 is 2.38 bits per heavy atom. The number of hydrogen-bond acceptors (Lipinski definition) is 3. The molecule has 1 aromatic rings. The van der Waals surface area contributed by atoms with Crippen molar-refractivity contribution in [2.45, 2.75) is 19.3 Å². The van der Waals surface area contributed by atoms with Crippen LogP contribution in [0.4, 0.5) is 0 Å². The third-order valence-corrected chi connectivity index (χ3v) is 2.48. The molecule has 0 N–H and O–H groups in total. The van der Waals surface area contributed by atoms with Crippen LogP contribution in [0, 0.1) is 0 Å². The number of halogens is 1. The number of ether oxygens (including phenoxy) is 2. The summed E-state index contributed by atoms with van der Waals surface area (Å²) in [6.45, 7) is 1.94. The van der Waals surface area contributed by atoms with Crippen molar-refractivity contribution in [3.63, 3.8) is 0 Å². The first-order chi connectivity index (χ1) is 6.24. The Kier molecular flexibility index (Phi) is 2.24. The molecular weight excluding hydrogens is 190 g/mol. The highest BCUT2D eigenvalue weighted by molar-refractivity contribution is 6.30. The first kappa shape index (κ1) is 8.94. The summed E-state index contributed by atoms with van der Waals surface area (Å²) in [7, 11) is 1.61. The SMILES string of the molecule is COC1OC(C)c2c1ccnc2Cl. The molecule has 0 bridgehead atoms. The lowest BCUT2D eigenvalue weighted by Crippen LogP contribution is -1.98. The summed E-state index contributed by atoms with van der Waals surface area (Å²) < 4.78 is 10.7. The highest BCUT2D eigenvalue weighted by Crippen LogP contribution is 2.41. The fourth-order valence-electron chi connectivity index (χ4n) is 1.58. The van der Waals surface area contributed by atoms with Gasteiger partial charge in [-0.25, -0.2) is 4.98 Å². The van der Waals surface area contributed by atoms with E-state index in [-0.39, 0.29) is 12.4 Å². The molecule has 0 saturated heterocycles. The quantitative estimate of drug-likeness (QED) is 0.652. The molecule has 13 heavy (non-hydrogen) atoms. The molecule has 0 saturated carbocycles. The van der Waals surface area contributed by atoms with Gasteiger partial charge in [0.05, 0.1) is 6.10 Å². The predicted octanol–water partition coefficient (Wildman–Crippen LogP) is 2.47. The first-order valence-corrected chi connectivity index (χ1v) is 4.44. The summed E-state index contributed by atoms with van der Waals surface area (Å²) in [6.07, 6.45) is 1.32. The minimum Gasteiger partial charge on any atom is -0.352 e. The number of rotatable bonds is 1. The van der Waals surface area contributed by atoms with Gasteiger partial charge >= 0.3 is 0 Å². The summed E-state index contributed by atoms with van der Waals surface area (Å²) in [4.78, 5) is 4.00. The van der Waals surface area contributed by atoms with Crippen molar-refractivity contribution in [2.75, 3.05) is 7.11 Å². The Bertz CT molecular complexity index is 329. The third kappa shape index (κ3) is 1.33. The Balaban J connectivity index is 2.51. The summed E-state index contributed by atoms with van der Waals surface area (Å²) >= 11 is 5.94. The maximum atomic E-state index is 5.94. The van der Waals surface area contributed by atoms with Gasteiger partial charge in [0.1, 0.15) is 5.15 Å². The number of hydrogen-bond donors (Lipinski definition) is 0. The van der Waals surface area contributed by atoms with E-state index in [0.717, 1.165) is 11.1 Å². The highest BCUT2D eigenvalue weighted by Gasteiger charge is 2.31. The van der Waals surface area contributed by atoms with Crippen molar-refractivity contribution < 1.29 is 9.47 Å². The van der Waals surface area contributed by atoms with Crippen LogP contribution in [-0.4, -0.2) is 12.1 Å². The molecule has 0 radical (unpaired) electrons. The van der Waals surface area contributed by atoms with Crippen LogP contribution >= 0.6 is 11.6 Å². The fraction of sp³-hybridized carbons (Fsp3) is 0.444. The number of methoxy groups -OCH3 is 1. The van der Waals surface area contributed by atoms with E-state index >= 15 is 0 Å². The molecule has 0 spiro atoms. The van der Waals surface area contributed by atoms with Crippen LogP contribution < -0.4 is 0 Å². The van der Waals surface area contributed by atoms with Crippen LogP contribution in [0.5, 0.6) is 0 Å². The average Bonchev–Trinajstić information content (AvgIpc) is 2.44. The van der Waals surface area contributed by atoms with Gasteiger partial charge in [-0.2, -0.15) is 0 Å². The van der Waals surface area contributed by atoms with Gasteiger partial charge in [-0.3, -0.25) is 0 Å². The smallest absolute Gasteiger partial charge is 0.184 e. The zero-order valence-electron chi connectivity index (χ0n) is 7.45. The fourth-order valence-corrected chi connectivity index (χ4v) is 1.90. The second-order valence-corrected chi connectivity index (χ2v) is 3.31. The van der Waals surface area contributed by atoms with Gasteiger partial charge in [0.2, 0.25) is 0 Å². The minimum absolute atomic E-state index is 0.0406. The lowest BCUT2D eigenvalue weighted by Gasteiger charge is -2.08. The molecule has 3 nitrogen and oxygen atoms in total. The van der Waals surface area contributed by atoms with Gasteiger partial charge < -0.3 is 9.47 Å². The first-order valence-electron chi connectivity index (χ1n) is 4.06. The van der Waals surface area contributed by atoms with Crippen LogP contribution in [-0.2, 0) is 9.47 Å². The predicted molar refractivity (Wildman–Crippen MR) is 48.5 cm³/mol. The van der Waals surface area contributed by atoms with Crippen molar-refractivity contribution in [1.82, 2.24) is 4.98 Å². The van der Waals surface area contributed by atoms with Crippen LogP contribution in [0.25, 0.3) is 0 Å². The van der Waals surface area contributed by atoms with E-state index in [1.165, 1.54) is 0 Å². The number of aromatic nitrogens is 1. The molecule has 2 atom stereocenters. The summed E-state index contributed by atoms with van der Waals surface area (Å²) in [6, 6.07) is 1.87. The molecule has 70 valence electrons. The number of fused-ring (bicyclic) bond motifs is 1. The Morgan fingerprint density at radius 3 is 3.08 bits per heavy atom. The minimum atomic E-state index is -0.300. The Labute approximate surface area is 81.6 Å². The summed E-state index contributed by atoms with van der Waals surface area (Å²) in [5.41, 5.74) is 1.92. The maximum Gasteiger partial charge on any atom is 0.184 e. The summed E-state index contributed by atoms with van der Waals surface area (Å²) in [5, 5.41) is 0.504. The molecular formula is C9H10ClNO2. The Morgan fingerprint density at radius 1 is 1.62 bits per heavy atom. The summed E-state index contributed by atoms with van der Waals surface area (Å²) in [5.74, 6) is 0. The number of nitrogens with zero attached hydrogens (tertiary/aromatic N) is 1. The van der Waals surface area contributed by atoms with Gasteiger partial charge in [-0.1, -0.05) is 11.6 Å². The lowest BCUT2D eigenvalue weighted by atomic mass is 10.1. The Hall–Kier alpha value is -0.640. The second-order valence-electron chi connectivity index (χ2n) is 2.95. The third-order valence-electron chi connectivity index (χ3n) is 2.18. The van der Waals surface area contributed by atoms with Crippen molar-refractivity contribution in [3.05, 3.63) is 28.5 Å². The molecule has 2 rings (SSSR count). The molecule has 0 fully saturated rings. The van der Waals surface area contributed by atoms with E-state index in [9.17, 15) is 0 Å². The topological polar surface area (TPSA) is 31.4 Å². The number of pyridine rings is 1. The molecule has 1 aromatic heterocycles. The molecule has 2 heterocycles.